The predicted octanol–water partition coefficient (Wildman–Crippen LogP) is 4.18. The average Bonchev–Trinajstić information content (AvgIpc) is 3.00. The van der Waals surface area contributed by atoms with Crippen LogP contribution in [0.5, 0.6) is 0 Å². The van der Waals surface area contributed by atoms with Gasteiger partial charge in [-0.2, -0.15) is 5.10 Å². The van der Waals surface area contributed by atoms with Gasteiger partial charge in [-0.15, -0.1) is 0 Å². The Bertz CT molecular complexity index is 810. The van der Waals surface area contributed by atoms with Crippen LogP contribution >= 0.6 is 0 Å². The zero-order valence-electron chi connectivity index (χ0n) is 13.6. The zero-order chi connectivity index (χ0) is 16.9. The first kappa shape index (κ1) is 16.0. The van der Waals surface area contributed by atoms with Gasteiger partial charge in [0.1, 0.15) is 0 Å². The summed E-state index contributed by atoms with van der Waals surface area (Å²) >= 11 is 0. The van der Waals surface area contributed by atoms with Crippen molar-refractivity contribution in [2.24, 2.45) is 0 Å². The van der Waals surface area contributed by atoms with Gasteiger partial charge >= 0.3 is 5.97 Å². The number of carbonyl (C=O) groups is 1. The van der Waals surface area contributed by atoms with Crippen molar-refractivity contribution in [1.29, 1.82) is 0 Å². The number of aliphatic carboxylic acids is 1. The molecule has 3 rings (SSSR count). The highest BCUT2D eigenvalue weighted by Gasteiger charge is 2.25. The van der Waals surface area contributed by atoms with Gasteiger partial charge in [0.15, 0.2) is 0 Å². The third-order valence-corrected chi connectivity index (χ3v) is 4.17. The molecule has 24 heavy (non-hydrogen) atoms. The summed E-state index contributed by atoms with van der Waals surface area (Å²) in [6, 6.07) is 19.9. The van der Waals surface area contributed by atoms with E-state index in [-0.39, 0.29) is 0 Å². The molecule has 0 radical (unpaired) electrons. The Morgan fingerprint density at radius 2 is 1.71 bits per heavy atom. The molecule has 1 heterocycles. The summed E-state index contributed by atoms with van der Waals surface area (Å²) in [6.07, 6.45) is 2.24. The molecule has 0 amide bonds. The summed E-state index contributed by atoms with van der Waals surface area (Å²) in [5, 5.41) is 14.1. The summed E-state index contributed by atoms with van der Waals surface area (Å²) in [4.78, 5) is 11.6. The highest BCUT2D eigenvalue weighted by Crippen LogP contribution is 2.31. The number of rotatable bonds is 6. The molecule has 2 aromatic carbocycles. The minimum Gasteiger partial charge on any atom is -0.481 e. The minimum atomic E-state index is -0.811. The molecule has 0 aliphatic rings. The molecule has 1 atom stereocenters. The number of carboxylic acids is 1. The SMILES string of the molecule is CCC(C(=O)O)c1cnn(Cc2ccccc2)c1-c1ccccc1. The second-order valence-corrected chi connectivity index (χ2v) is 5.76. The van der Waals surface area contributed by atoms with Crippen molar-refractivity contribution in [1.82, 2.24) is 9.78 Å². The molecule has 4 nitrogen and oxygen atoms in total. The Labute approximate surface area is 141 Å². The predicted molar refractivity (Wildman–Crippen MR) is 93.9 cm³/mol. The van der Waals surface area contributed by atoms with Crippen molar-refractivity contribution in [2.45, 2.75) is 25.8 Å². The van der Waals surface area contributed by atoms with E-state index in [1.54, 1.807) is 6.20 Å². The Morgan fingerprint density at radius 1 is 1.08 bits per heavy atom. The van der Waals surface area contributed by atoms with Crippen LogP contribution in [0.15, 0.2) is 66.9 Å². The summed E-state index contributed by atoms with van der Waals surface area (Å²) in [6.45, 7) is 2.50. The normalized spacial score (nSPS) is 12.0. The lowest BCUT2D eigenvalue weighted by atomic mass is 9.94. The molecule has 1 N–H and O–H groups in total. The first-order valence-corrected chi connectivity index (χ1v) is 8.08. The van der Waals surface area contributed by atoms with Gasteiger partial charge in [0.2, 0.25) is 0 Å². The van der Waals surface area contributed by atoms with E-state index in [1.165, 1.54) is 0 Å². The molecule has 0 aliphatic heterocycles. The van der Waals surface area contributed by atoms with Gasteiger partial charge in [0.05, 0.1) is 24.4 Å². The molecule has 0 bridgehead atoms. The van der Waals surface area contributed by atoms with E-state index >= 15 is 0 Å². The molecule has 122 valence electrons. The monoisotopic (exact) mass is 320 g/mol. The average molecular weight is 320 g/mol. The van der Waals surface area contributed by atoms with E-state index in [0.29, 0.717) is 13.0 Å². The quantitative estimate of drug-likeness (QED) is 0.741. The Kier molecular flexibility index (Phi) is 4.75. The molecule has 1 unspecified atom stereocenters. The fourth-order valence-corrected chi connectivity index (χ4v) is 2.97. The Morgan fingerprint density at radius 3 is 2.29 bits per heavy atom. The number of benzene rings is 2. The number of hydrogen-bond acceptors (Lipinski definition) is 2. The van der Waals surface area contributed by atoms with Crippen LogP contribution in [-0.2, 0) is 11.3 Å². The van der Waals surface area contributed by atoms with Crippen molar-refractivity contribution < 1.29 is 9.90 Å². The molecular formula is C20H20N2O2. The first-order chi connectivity index (χ1) is 11.7. The van der Waals surface area contributed by atoms with Gasteiger partial charge in [-0.25, -0.2) is 0 Å². The van der Waals surface area contributed by atoms with Crippen LogP contribution in [-0.4, -0.2) is 20.9 Å². The highest BCUT2D eigenvalue weighted by atomic mass is 16.4. The highest BCUT2D eigenvalue weighted by molar-refractivity contribution is 5.80. The second-order valence-electron chi connectivity index (χ2n) is 5.76. The van der Waals surface area contributed by atoms with E-state index in [4.69, 9.17) is 0 Å². The summed E-state index contributed by atoms with van der Waals surface area (Å²) in [5.41, 5.74) is 3.77. The maximum absolute atomic E-state index is 11.6. The molecular weight excluding hydrogens is 300 g/mol. The molecule has 0 saturated heterocycles. The van der Waals surface area contributed by atoms with Crippen LogP contribution in [0.25, 0.3) is 11.3 Å². The van der Waals surface area contributed by atoms with Crippen LogP contribution in [0, 0.1) is 0 Å². The lowest BCUT2D eigenvalue weighted by molar-refractivity contribution is -0.138. The van der Waals surface area contributed by atoms with E-state index < -0.39 is 11.9 Å². The standard InChI is InChI=1S/C20H20N2O2/c1-2-17(20(23)24)18-13-21-22(14-15-9-5-3-6-10-15)19(18)16-11-7-4-8-12-16/h3-13,17H,2,14H2,1H3,(H,23,24). The van der Waals surface area contributed by atoms with E-state index in [2.05, 4.69) is 5.10 Å². The van der Waals surface area contributed by atoms with Gasteiger partial charge in [-0.3, -0.25) is 9.48 Å². The molecule has 0 saturated carbocycles. The van der Waals surface area contributed by atoms with Gasteiger partial charge in [-0.05, 0) is 12.0 Å². The van der Waals surface area contributed by atoms with E-state index in [9.17, 15) is 9.90 Å². The van der Waals surface area contributed by atoms with E-state index in [0.717, 1.165) is 22.4 Å². The number of carboxylic acid groups (broad SMARTS) is 1. The van der Waals surface area contributed by atoms with Crippen LogP contribution in [0.4, 0.5) is 0 Å². The maximum Gasteiger partial charge on any atom is 0.311 e. The molecule has 1 aromatic heterocycles. The zero-order valence-corrected chi connectivity index (χ0v) is 13.6. The van der Waals surface area contributed by atoms with Crippen LogP contribution in [0.2, 0.25) is 0 Å². The van der Waals surface area contributed by atoms with Crippen molar-refractivity contribution in [3.05, 3.63) is 78.0 Å². The van der Waals surface area contributed by atoms with Crippen molar-refractivity contribution in [3.8, 4) is 11.3 Å². The summed E-state index contributed by atoms with van der Waals surface area (Å²) < 4.78 is 1.89. The molecule has 0 spiro atoms. The topological polar surface area (TPSA) is 55.1 Å². The number of hydrogen-bond donors (Lipinski definition) is 1. The molecule has 0 aliphatic carbocycles. The minimum absolute atomic E-state index is 0.534. The summed E-state index contributed by atoms with van der Waals surface area (Å²) in [7, 11) is 0. The van der Waals surface area contributed by atoms with Crippen molar-refractivity contribution >= 4 is 5.97 Å². The Hall–Kier alpha value is -2.88. The van der Waals surface area contributed by atoms with Gasteiger partial charge < -0.3 is 5.11 Å². The number of nitrogens with zero attached hydrogens (tertiary/aromatic N) is 2. The molecule has 4 heteroatoms. The molecule has 3 aromatic rings. The Balaban J connectivity index is 2.09. The fourth-order valence-electron chi connectivity index (χ4n) is 2.97. The van der Waals surface area contributed by atoms with Crippen molar-refractivity contribution in [2.75, 3.05) is 0 Å². The maximum atomic E-state index is 11.6. The largest absolute Gasteiger partial charge is 0.481 e. The smallest absolute Gasteiger partial charge is 0.311 e. The summed E-state index contributed by atoms with van der Waals surface area (Å²) in [5.74, 6) is -1.36. The lowest BCUT2D eigenvalue weighted by Crippen LogP contribution is -2.12. The third kappa shape index (κ3) is 3.23. The van der Waals surface area contributed by atoms with Gasteiger partial charge in [0.25, 0.3) is 0 Å². The molecule has 0 fully saturated rings. The lowest BCUT2D eigenvalue weighted by Gasteiger charge is -2.14. The van der Waals surface area contributed by atoms with Crippen LogP contribution in [0.1, 0.15) is 30.4 Å². The third-order valence-electron chi connectivity index (χ3n) is 4.17. The van der Waals surface area contributed by atoms with E-state index in [1.807, 2.05) is 72.3 Å². The van der Waals surface area contributed by atoms with Crippen LogP contribution in [0.3, 0.4) is 0 Å². The van der Waals surface area contributed by atoms with Gasteiger partial charge in [0, 0.05) is 11.1 Å². The fraction of sp³-hybridized carbons (Fsp3) is 0.200. The van der Waals surface area contributed by atoms with Crippen LogP contribution < -0.4 is 0 Å². The number of aromatic nitrogens is 2. The van der Waals surface area contributed by atoms with Crippen molar-refractivity contribution in [3.63, 3.8) is 0 Å². The second kappa shape index (κ2) is 7.13. The van der Waals surface area contributed by atoms with Gasteiger partial charge in [-0.1, -0.05) is 67.6 Å². The first-order valence-electron chi connectivity index (χ1n) is 8.08.